The summed E-state index contributed by atoms with van der Waals surface area (Å²) in [6.45, 7) is 2.34. The minimum absolute atomic E-state index is 0.151. The van der Waals surface area contributed by atoms with Gasteiger partial charge in [0.25, 0.3) is 0 Å². The van der Waals surface area contributed by atoms with Crippen LogP contribution in [0.2, 0.25) is 0 Å². The number of hydrogen-bond donors (Lipinski definition) is 3. The summed E-state index contributed by atoms with van der Waals surface area (Å²) in [6, 6.07) is 7.03. The molecule has 0 unspecified atom stereocenters. The van der Waals surface area contributed by atoms with Gasteiger partial charge in [0.1, 0.15) is 0 Å². The molecule has 4 N–H and O–H groups in total. The molecule has 2 rings (SSSR count). The van der Waals surface area contributed by atoms with Crippen molar-refractivity contribution in [3.8, 4) is 0 Å². The van der Waals surface area contributed by atoms with E-state index in [0.29, 0.717) is 23.1 Å². The predicted molar refractivity (Wildman–Crippen MR) is 78.7 cm³/mol. The molecule has 0 bridgehead atoms. The highest BCUT2D eigenvalue weighted by Gasteiger charge is 2.10. The highest BCUT2D eigenvalue weighted by atomic mass is 32.2. The van der Waals surface area contributed by atoms with Crippen LogP contribution in [-0.2, 0) is 11.3 Å². The van der Waals surface area contributed by atoms with E-state index in [9.17, 15) is 9.59 Å². The molecule has 0 fully saturated rings. The molecule has 106 valence electrons. The van der Waals surface area contributed by atoms with E-state index in [-0.39, 0.29) is 17.3 Å². The molecule has 0 spiro atoms. The number of amides is 1. The van der Waals surface area contributed by atoms with Crippen molar-refractivity contribution in [3.63, 3.8) is 0 Å². The van der Waals surface area contributed by atoms with Gasteiger partial charge in [0.2, 0.25) is 5.91 Å². The van der Waals surface area contributed by atoms with E-state index in [1.54, 1.807) is 24.3 Å². The number of thioether (sulfide) groups is 1. The number of hydrogen-bond acceptors (Lipinski definition) is 5. The summed E-state index contributed by atoms with van der Waals surface area (Å²) in [5.41, 5.74) is 6.55. The van der Waals surface area contributed by atoms with E-state index in [2.05, 4.69) is 15.5 Å². The van der Waals surface area contributed by atoms with E-state index in [0.717, 1.165) is 0 Å². The number of nitrogen functional groups attached to an aromatic ring is 1. The van der Waals surface area contributed by atoms with Crippen molar-refractivity contribution in [2.45, 2.75) is 18.6 Å². The summed E-state index contributed by atoms with van der Waals surface area (Å²) in [6.07, 6.45) is 0. The number of H-pyrrole nitrogens is 1. The number of carbonyl (C=O) groups is 1. The van der Waals surface area contributed by atoms with Crippen LogP contribution < -0.4 is 16.7 Å². The summed E-state index contributed by atoms with van der Waals surface area (Å²) in [5, 5.41) is 9.43. The Balaban J connectivity index is 1.96. The second kappa shape index (κ2) is 6.29. The van der Waals surface area contributed by atoms with Gasteiger partial charge in [-0.05, 0) is 19.1 Å². The molecule has 0 atom stereocenters. The number of anilines is 2. The van der Waals surface area contributed by atoms with Gasteiger partial charge in [0.05, 0.1) is 17.1 Å². The van der Waals surface area contributed by atoms with Gasteiger partial charge in [-0.3, -0.25) is 9.36 Å². The summed E-state index contributed by atoms with van der Waals surface area (Å²) >= 11 is 1.19. The van der Waals surface area contributed by atoms with Crippen molar-refractivity contribution in [2.75, 3.05) is 16.8 Å². The highest BCUT2D eigenvalue weighted by molar-refractivity contribution is 7.99. The third-order valence-corrected chi connectivity index (χ3v) is 3.58. The Kier molecular flexibility index (Phi) is 4.46. The third kappa shape index (κ3) is 3.21. The van der Waals surface area contributed by atoms with E-state index < -0.39 is 0 Å². The van der Waals surface area contributed by atoms with Crippen molar-refractivity contribution < 1.29 is 4.79 Å². The van der Waals surface area contributed by atoms with Crippen molar-refractivity contribution in [1.82, 2.24) is 14.8 Å². The molecule has 2 aromatic rings. The molecule has 0 saturated carbocycles. The summed E-state index contributed by atoms with van der Waals surface area (Å²) in [4.78, 5) is 23.2. The first-order chi connectivity index (χ1) is 9.61. The van der Waals surface area contributed by atoms with Crippen LogP contribution in [0.5, 0.6) is 0 Å². The zero-order valence-corrected chi connectivity index (χ0v) is 11.7. The zero-order valence-electron chi connectivity index (χ0n) is 10.9. The maximum absolute atomic E-state index is 11.8. The first-order valence-electron chi connectivity index (χ1n) is 6.04. The molecule has 1 aromatic carbocycles. The van der Waals surface area contributed by atoms with Crippen molar-refractivity contribution in [3.05, 3.63) is 34.7 Å². The number of nitrogens with two attached hydrogens (primary N) is 1. The maximum atomic E-state index is 11.8. The first kappa shape index (κ1) is 14.2. The molecule has 1 amide bonds. The molecule has 0 aliphatic carbocycles. The summed E-state index contributed by atoms with van der Waals surface area (Å²) < 4.78 is 1.47. The minimum Gasteiger partial charge on any atom is -0.397 e. The second-order valence-electron chi connectivity index (χ2n) is 3.98. The number of benzene rings is 1. The standard InChI is InChI=1S/C12H15N5O2S/c1-2-17-11(19)15-16-12(17)20-7-10(18)14-9-6-4-3-5-8(9)13/h3-6H,2,7,13H2,1H3,(H,14,18)(H,15,19). The van der Waals surface area contributed by atoms with Gasteiger partial charge < -0.3 is 11.1 Å². The topological polar surface area (TPSA) is 106 Å². The van der Waals surface area contributed by atoms with Crippen LogP contribution in [0.3, 0.4) is 0 Å². The van der Waals surface area contributed by atoms with Crippen LogP contribution >= 0.6 is 11.8 Å². The van der Waals surface area contributed by atoms with Gasteiger partial charge in [-0.2, -0.15) is 0 Å². The molecule has 0 saturated heterocycles. The number of nitrogens with zero attached hydrogens (tertiary/aromatic N) is 2. The summed E-state index contributed by atoms with van der Waals surface area (Å²) in [5.74, 6) is -0.0514. The normalized spacial score (nSPS) is 10.4. The predicted octanol–water partition coefficient (Wildman–Crippen LogP) is 0.904. The lowest BCUT2D eigenvalue weighted by Gasteiger charge is -2.07. The second-order valence-corrected chi connectivity index (χ2v) is 4.92. The SMILES string of the molecule is CCn1c(SCC(=O)Nc2ccccc2N)n[nH]c1=O. The Bertz CT molecular complexity index is 664. The maximum Gasteiger partial charge on any atom is 0.343 e. The Labute approximate surface area is 119 Å². The Morgan fingerprint density at radius 2 is 2.25 bits per heavy atom. The fourth-order valence-electron chi connectivity index (χ4n) is 1.62. The van der Waals surface area contributed by atoms with Crippen LogP contribution in [0.4, 0.5) is 11.4 Å². The summed E-state index contributed by atoms with van der Waals surface area (Å²) in [7, 11) is 0. The fraction of sp³-hybridized carbons (Fsp3) is 0.250. The van der Waals surface area contributed by atoms with E-state index >= 15 is 0 Å². The van der Waals surface area contributed by atoms with Gasteiger partial charge >= 0.3 is 5.69 Å². The van der Waals surface area contributed by atoms with Gasteiger partial charge in [-0.25, -0.2) is 9.89 Å². The number of aromatic amines is 1. The Morgan fingerprint density at radius 1 is 1.50 bits per heavy atom. The van der Waals surface area contributed by atoms with Gasteiger partial charge in [-0.15, -0.1) is 5.10 Å². The van der Waals surface area contributed by atoms with Crippen molar-refractivity contribution in [1.29, 1.82) is 0 Å². The largest absolute Gasteiger partial charge is 0.397 e. The molecule has 0 aliphatic rings. The van der Waals surface area contributed by atoms with Crippen LogP contribution in [0, 0.1) is 0 Å². The highest BCUT2D eigenvalue weighted by Crippen LogP contribution is 2.18. The van der Waals surface area contributed by atoms with Crippen LogP contribution in [0.25, 0.3) is 0 Å². The number of rotatable bonds is 5. The third-order valence-electron chi connectivity index (χ3n) is 2.61. The minimum atomic E-state index is -0.275. The molecule has 8 heteroatoms. The van der Waals surface area contributed by atoms with Gasteiger partial charge in [0.15, 0.2) is 5.16 Å². The van der Waals surface area contributed by atoms with Crippen LogP contribution in [-0.4, -0.2) is 26.4 Å². The molecule has 0 radical (unpaired) electrons. The monoisotopic (exact) mass is 293 g/mol. The Morgan fingerprint density at radius 3 is 2.95 bits per heavy atom. The van der Waals surface area contributed by atoms with E-state index in [4.69, 9.17) is 5.73 Å². The molecule has 20 heavy (non-hydrogen) atoms. The fourth-order valence-corrected chi connectivity index (χ4v) is 2.43. The smallest absolute Gasteiger partial charge is 0.343 e. The molecular weight excluding hydrogens is 278 g/mol. The quantitative estimate of drug-likeness (QED) is 0.561. The van der Waals surface area contributed by atoms with E-state index in [1.165, 1.54) is 16.3 Å². The molecule has 1 aromatic heterocycles. The molecule has 1 heterocycles. The lowest BCUT2D eigenvalue weighted by Crippen LogP contribution is -2.18. The number of aromatic nitrogens is 3. The van der Waals surface area contributed by atoms with Crippen molar-refractivity contribution >= 4 is 29.0 Å². The lowest BCUT2D eigenvalue weighted by molar-refractivity contribution is -0.113. The molecular formula is C12H15N5O2S. The van der Waals surface area contributed by atoms with Crippen LogP contribution in [0.1, 0.15) is 6.92 Å². The van der Waals surface area contributed by atoms with Gasteiger partial charge in [-0.1, -0.05) is 23.9 Å². The number of nitrogens with one attached hydrogen (secondary N) is 2. The zero-order chi connectivity index (χ0) is 14.5. The average Bonchev–Trinajstić information content (AvgIpc) is 2.79. The molecule has 7 nitrogen and oxygen atoms in total. The van der Waals surface area contributed by atoms with E-state index in [1.807, 2.05) is 6.92 Å². The number of para-hydroxylation sites is 2. The van der Waals surface area contributed by atoms with Gasteiger partial charge in [0, 0.05) is 6.54 Å². The van der Waals surface area contributed by atoms with Crippen LogP contribution in [0.15, 0.2) is 34.2 Å². The first-order valence-corrected chi connectivity index (χ1v) is 7.02. The Hall–Kier alpha value is -2.22. The number of carbonyl (C=O) groups excluding carboxylic acids is 1. The average molecular weight is 293 g/mol. The van der Waals surface area contributed by atoms with Crippen molar-refractivity contribution in [2.24, 2.45) is 0 Å². The molecule has 0 aliphatic heterocycles. The lowest BCUT2D eigenvalue weighted by atomic mass is 10.3.